The molecule has 0 unspecified atom stereocenters. The quantitative estimate of drug-likeness (QED) is 0.574. The third-order valence-electron chi connectivity index (χ3n) is 0.495. The van der Waals surface area contributed by atoms with Gasteiger partial charge in [0.1, 0.15) is 0 Å². The minimum Gasteiger partial charge on any atom is -0.356 e. The summed E-state index contributed by atoms with van der Waals surface area (Å²) in [5.41, 5.74) is 0. The molecule has 0 heterocycles. The molecule has 0 spiro atoms. The van der Waals surface area contributed by atoms with E-state index >= 15 is 0 Å². The summed E-state index contributed by atoms with van der Waals surface area (Å²) >= 11 is 2.02. The molecule has 0 saturated carbocycles. The molecule has 0 rings (SSSR count). The summed E-state index contributed by atoms with van der Waals surface area (Å²) in [6.07, 6.45) is 0. The Morgan fingerprint density at radius 2 is 2.25 bits per heavy atom. The first-order valence-electron chi connectivity index (χ1n) is 2.14. The molecule has 50 valence electrons. The van der Waals surface area contributed by atoms with Gasteiger partial charge in [-0.05, 0) is 6.92 Å². The van der Waals surface area contributed by atoms with Crippen molar-refractivity contribution in [2.24, 2.45) is 0 Å². The minimum absolute atomic E-state index is 0. The van der Waals surface area contributed by atoms with E-state index in [0.717, 1.165) is 6.54 Å². The van der Waals surface area contributed by atoms with Gasteiger partial charge >= 0.3 is 0 Å². The van der Waals surface area contributed by atoms with Crippen molar-refractivity contribution in [1.82, 2.24) is 5.32 Å². The Bertz CT molecular complexity index is 69.1. The summed E-state index contributed by atoms with van der Waals surface area (Å²) in [6, 6.07) is 0. The molecule has 0 atom stereocenters. The van der Waals surface area contributed by atoms with Gasteiger partial charge in [0.05, 0.1) is 4.43 Å². The van der Waals surface area contributed by atoms with E-state index in [1.54, 1.807) is 0 Å². The summed E-state index contributed by atoms with van der Waals surface area (Å²) in [6.45, 7) is 2.64. The first-order valence-corrected chi connectivity index (χ1v) is 3.66. The number of rotatable bonds is 2. The largest absolute Gasteiger partial charge is 0.356 e. The molecule has 0 aromatic heterocycles. The highest BCUT2D eigenvalue weighted by atomic mass is 127. The Morgan fingerprint density at radius 1 is 1.75 bits per heavy atom. The van der Waals surface area contributed by atoms with Crippen molar-refractivity contribution in [3.63, 3.8) is 0 Å². The van der Waals surface area contributed by atoms with E-state index in [0.29, 0.717) is 4.43 Å². The number of halogens is 2. The van der Waals surface area contributed by atoms with Gasteiger partial charge in [-0.25, -0.2) is 0 Å². The lowest BCUT2D eigenvalue weighted by molar-refractivity contribution is -0.118. The number of nitrogens with one attached hydrogen (secondary N) is 1. The molecule has 0 radical (unpaired) electrons. The van der Waals surface area contributed by atoms with E-state index in [1.807, 2.05) is 29.5 Å². The maximum Gasteiger partial charge on any atom is 0.229 e. The Labute approximate surface area is 69.0 Å². The van der Waals surface area contributed by atoms with Crippen molar-refractivity contribution in [3.8, 4) is 0 Å². The fraction of sp³-hybridized carbons (Fsp3) is 0.750. The van der Waals surface area contributed by atoms with Gasteiger partial charge in [0.2, 0.25) is 5.91 Å². The van der Waals surface area contributed by atoms with E-state index in [4.69, 9.17) is 0 Å². The van der Waals surface area contributed by atoms with Gasteiger partial charge in [-0.3, -0.25) is 4.79 Å². The Hall–Kier alpha value is 0.490. The Kier molecular flexibility index (Phi) is 10.6. The van der Waals surface area contributed by atoms with Crippen molar-refractivity contribution in [2.45, 2.75) is 6.92 Å². The molecule has 0 bridgehead atoms. The molecule has 0 aromatic rings. The monoisotopic (exact) mass is 249 g/mol. The molecule has 4 heteroatoms. The molecule has 2 nitrogen and oxygen atoms in total. The van der Waals surface area contributed by atoms with Crippen LogP contribution >= 0.6 is 35.0 Å². The van der Waals surface area contributed by atoms with Crippen molar-refractivity contribution < 1.29 is 4.79 Å². The summed E-state index contributed by atoms with van der Waals surface area (Å²) < 4.78 is 0.561. The highest BCUT2D eigenvalue weighted by molar-refractivity contribution is 14.1. The van der Waals surface area contributed by atoms with Gasteiger partial charge in [-0.2, -0.15) is 0 Å². The van der Waals surface area contributed by atoms with Crippen LogP contribution in [0.1, 0.15) is 6.92 Å². The van der Waals surface area contributed by atoms with Crippen LogP contribution in [0.2, 0.25) is 0 Å². The fourth-order valence-corrected chi connectivity index (χ4v) is 0.514. The second-order valence-corrected chi connectivity index (χ2v) is 1.85. The van der Waals surface area contributed by atoms with Crippen LogP contribution in [0, 0.1) is 0 Å². The van der Waals surface area contributed by atoms with Crippen molar-refractivity contribution in [1.29, 1.82) is 0 Å². The van der Waals surface area contributed by atoms with E-state index < -0.39 is 0 Å². The van der Waals surface area contributed by atoms with Crippen LogP contribution < -0.4 is 5.32 Å². The maximum absolute atomic E-state index is 10.3. The van der Waals surface area contributed by atoms with Crippen LogP contribution in [-0.2, 0) is 4.79 Å². The fourth-order valence-electron chi connectivity index (χ4n) is 0.244. The van der Waals surface area contributed by atoms with E-state index in [-0.39, 0.29) is 18.3 Å². The summed E-state index contributed by atoms with van der Waals surface area (Å²) in [5, 5.41) is 2.65. The molecule has 0 saturated heterocycles. The normalized spacial score (nSPS) is 7.25. The Balaban J connectivity index is 0. The van der Waals surface area contributed by atoms with E-state index in [2.05, 4.69) is 5.32 Å². The van der Waals surface area contributed by atoms with Gasteiger partial charge < -0.3 is 5.32 Å². The van der Waals surface area contributed by atoms with Gasteiger partial charge in [0, 0.05) is 6.54 Å². The average Bonchev–Trinajstić information content (AvgIpc) is 1.68. The molecule has 0 aliphatic carbocycles. The second kappa shape index (κ2) is 7.49. The minimum atomic E-state index is 0. The molecular weight excluding hydrogens is 240 g/mol. The zero-order valence-electron chi connectivity index (χ0n) is 4.61. The van der Waals surface area contributed by atoms with Gasteiger partial charge in [-0.15, -0.1) is 12.4 Å². The molecule has 8 heavy (non-hydrogen) atoms. The predicted octanol–water partition coefficient (Wildman–Crippen LogP) is 0.979. The lowest BCUT2D eigenvalue weighted by Gasteiger charge is -1.92. The highest BCUT2D eigenvalue weighted by Crippen LogP contribution is 1.77. The molecule has 0 fully saturated rings. The number of carbonyl (C=O) groups is 1. The molecule has 0 aliphatic rings. The summed E-state index contributed by atoms with van der Waals surface area (Å²) in [4.78, 5) is 10.3. The van der Waals surface area contributed by atoms with Crippen molar-refractivity contribution in [3.05, 3.63) is 0 Å². The molecule has 1 N–H and O–H groups in total. The third kappa shape index (κ3) is 6.49. The van der Waals surface area contributed by atoms with Crippen LogP contribution in [0.4, 0.5) is 0 Å². The van der Waals surface area contributed by atoms with Crippen LogP contribution in [-0.4, -0.2) is 16.9 Å². The average molecular weight is 249 g/mol. The molecular formula is C4H9ClINO. The van der Waals surface area contributed by atoms with Crippen molar-refractivity contribution >= 4 is 40.9 Å². The van der Waals surface area contributed by atoms with E-state index in [9.17, 15) is 4.79 Å². The van der Waals surface area contributed by atoms with Crippen molar-refractivity contribution in [2.75, 3.05) is 11.0 Å². The third-order valence-corrected chi connectivity index (χ3v) is 1.19. The zero-order valence-corrected chi connectivity index (χ0v) is 7.58. The number of amides is 1. The molecule has 1 amide bonds. The lowest BCUT2D eigenvalue weighted by Crippen LogP contribution is -2.23. The Morgan fingerprint density at radius 3 is 2.38 bits per heavy atom. The van der Waals surface area contributed by atoms with Crippen LogP contribution in [0.5, 0.6) is 0 Å². The first kappa shape index (κ1) is 11.3. The smallest absolute Gasteiger partial charge is 0.229 e. The molecule has 0 aromatic carbocycles. The number of hydrogen-bond donors (Lipinski definition) is 1. The summed E-state index contributed by atoms with van der Waals surface area (Å²) in [7, 11) is 0. The van der Waals surface area contributed by atoms with Gasteiger partial charge in [0.15, 0.2) is 0 Å². The maximum atomic E-state index is 10.3. The molecule has 0 aliphatic heterocycles. The van der Waals surface area contributed by atoms with Crippen LogP contribution in [0.3, 0.4) is 0 Å². The SMILES string of the molecule is CCNC(=O)CI.Cl. The zero-order chi connectivity index (χ0) is 5.70. The predicted molar refractivity (Wildman–Crippen MR) is 44.8 cm³/mol. The standard InChI is InChI=1S/C4H8INO.ClH/c1-2-6-4(7)3-5;/h2-3H2,1H3,(H,6,7);1H. The topological polar surface area (TPSA) is 29.1 Å². The van der Waals surface area contributed by atoms with Gasteiger partial charge in [-0.1, -0.05) is 22.6 Å². The van der Waals surface area contributed by atoms with Crippen LogP contribution in [0.25, 0.3) is 0 Å². The lowest BCUT2D eigenvalue weighted by atomic mass is 10.6. The van der Waals surface area contributed by atoms with E-state index in [1.165, 1.54) is 0 Å². The van der Waals surface area contributed by atoms with Crippen LogP contribution in [0.15, 0.2) is 0 Å². The highest BCUT2D eigenvalue weighted by Gasteiger charge is 1.89. The van der Waals surface area contributed by atoms with Gasteiger partial charge in [0.25, 0.3) is 0 Å². The number of carbonyl (C=O) groups excluding carboxylic acids is 1. The number of alkyl halides is 1. The second-order valence-electron chi connectivity index (χ2n) is 1.09. The first-order chi connectivity index (χ1) is 3.31. The number of hydrogen-bond acceptors (Lipinski definition) is 1. The summed E-state index contributed by atoms with van der Waals surface area (Å²) in [5.74, 6) is 0.114.